The molecule has 0 bridgehead atoms. The van der Waals surface area contributed by atoms with Crippen molar-refractivity contribution in [1.29, 1.82) is 0 Å². The fourth-order valence-electron chi connectivity index (χ4n) is 2.51. The summed E-state index contributed by atoms with van der Waals surface area (Å²) in [7, 11) is 0. The number of phenols is 1. The van der Waals surface area contributed by atoms with Gasteiger partial charge in [0.15, 0.2) is 0 Å². The van der Waals surface area contributed by atoms with Crippen LogP contribution in [0.3, 0.4) is 0 Å². The van der Waals surface area contributed by atoms with Gasteiger partial charge in [-0.1, -0.05) is 12.5 Å². The van der Waals surface area contributed by atoms with Crippen molar-refractivity contribution in [3.8, 4) is 5.75 Å². The zero-order chi connectivity index (χ0) is 13.3. The number of aryl methyl sites for hydroxylation is 1. The molecule has 0 radical (unpaired) electrons. The first kappa shape index (κ1) is 12.9. The number of rotatable bonds is 2. The average molecular weight is 248 g/mol. The summed E-state index contributed by atoms with van der Waals surface area (Å²) in [4.78, 5) is 12.1. The number of phenolic OH excluding ortho intramolecular Hbond substituents is 1. The summed E-state index contributed by atoms with van der Waals surface area (Å²) in [6.45, 7) is 3.63. The molecule has 1 aromatic carbocycles. The van der Waals surface area contributed by atoms with Gasteiger partial charge < -0.3 is 16.2 Å². The Morgan fingerprint density at radius 3 is 2.72 bits per heavy atom. The van der Waals surface area contributed by atoms with Crippen molar-refractivity contribution in [2.75, 3.05) is 5.32 Å². The summed E-state index contributed by atoms with van der Waals surface area (Å²) in [6, 6.07) is 3.58. The van der Waals surface area contributed by atoms with Gasteiger partial charge in [-0.05, 0) is 38.3 Å². The van der Waals surface area contributed by atoms with Crippen molar-refractivity contribution in [3.05, 3.63) is 23.3 Å². The van der Waals surface area contributed by atoms with Crippen LogP contribution < -0.4 is 11.1 Å². The van der Waals surface area contributed by atoms with E-state index >= 15 is 0 Å². The van der Waals surface area contributed by atoms with Crippen LogP contribution >= 0.6 is 0 Å². The predicted molar refractivity (Wildman–Crippen MR) is 71.5 cm³/mol. The van der Waals surface area contributed by atoms with Crippen LogP contribution in [0.15, 0.2) is 12.1 Å². The third-order valence-electron chi connectivity index (χ3n) is 3.80. The van der Waals surface area contributed by atoms with Crippen molar-refractivity contribution in [3.63, 3.8) is 0 Å². The molecule has 0 saturated heterocycles. The number of amides is 1. The van der Waals surface area contributed by atoms with Gasteiger partial charge in [0.1, 0.15) is 5.75 Å². The number of aromatic hydroxyl groups is 1. The topological polar surface area (TPSA) is 75.4 Å². The number of hydrogen-bond acceptors (Lipinski definition) is 3. The van der Waals surface area contributed by atoms with Crippen molar-refractivity contribution in [2.45, 2.75) is 39.2 Å². The summed E-state index contributed by atoms with van der Waals surface area (Å²) < 4.78 is 0. The summed E-state index contributed by atoms with van der Waals surface area (Å²) >= 11 is 0. The Labute approximate surface area is 107 Å². The van der Waals surface area contributed by atoms with E-state index in [4.69, 9.17) is 5.73 Å². The highest BCUT2D eigenvalue weighted by molar-refractivity contribution is 5.94. The van der Waals surface area contributed by atoms with Crippen molar-refractivity contribution in [2.24, 2.45) is 11.7 Å². The third-order valence-corrected chi connectivity index (χ3v) is 3.80. The maximum atomic E-state index is 12.1. The quantitative estimate of drug-likeness (QED) is 0.750. The predicted octanol–water partition coefficient (Wildman–Crippen LogP) is 2.07. The van der Waals surface area contributed by atoms with Gasteiger partial charge in [0.25, 0.3) is 0 Å². The summed E-state index contributed by atoms with van der Waals surface area (Å²) in [6.07, 6.45) is 2.78. The fraction of sp³-hybridized carbons (Fsp3) is 0.500. The second-order valence-electron chi connectivity index (χ2n) is 5.09. The maximum Gasteiger partial charge on any atom is 0.229 e. The Kier molecular flexibility index (Phi) is 3.57. The van der Waals surface area contributed by atoms with E-state index in [9.17, 15) is 9.90 Å². The molecule has 2 atom stereocenters. The lowest BCUT2D eigenvalue weighted by molar-refractivity contribution is -0.120. The summed E-state index contributed by atoms with van der Waals surface area (Å²) in [5.74, 6) is 0.0997. The molecule has 2 rings (SSSR count). The van der Waals surface area contributed by atoms with Crippen molar-refractivity contribution >= 4 is 11.6 Å². The minimum atomic E-state index is -0.104. The number of carbonyl (C=O) groups is 1. The standard InChI is InChI=1S/C14H20N2O2/c1-8-6-7-12(9(2)13(8)17)16-14(18)10-4-3-5-11(10)15/h6-7,10-11,17H,3-5,15H2,1-2H3,(H,16,18). The molecule has 18 heavy (non-hydrogen) atoms. The Hall–Kier alpha value is -1.55. The molecule has 4 nitrogen and oxygen atoms in total. The number of anilines is 1. The molecule has 98 valence electrons. The lowest BCUT2D eigenvalue weighted by Gasteiger charge is -2.17. The molecule has 0 aliphatic heterocycles. The van der Waals surface area contributed by atoms with Gasteiger partial charge in [0.2, 0.25) is 5.91 Å². The van der Waals surface area contributed by atoms with Crippen LogP contribution in [-0.4, -0.2) is 17.1 Å². The molecule has 1 amide bonds. The van der Waals surface area contributed by atoms with Crippen LogP contribution in [0.4, 0.5) is 5.69 Å². The first-order valence-corrected chi connectivity index (χ1v) is 6.36. The maximum absolute atomic E-state index is 12.1. The number of hydrogen-bond donors (Lipinski definition) is 3. The highest BCUT2D eigenvalue weighted by atomic mass is 16.3. The summed E-state index contributed by atoms with van der Waals surface area (Å²) in [5, 5.41) is 12.7. The van der Waals surface area contributed by atoms with Crippen LogP contribution in [-0.2, 0) is 4.79 Å². The number of nitrogens with two attached hydrogens (primary N) is 1. The van der Waals surface area contributed by atoms with Gasteiger partial charge in [-0.3, -0.25) is 4.79 Å². The van der Waals surface area contributed by atoms with E-state index in [1.807, 2.05) is 13.0 Å². The van der Waals surface area contributed by atoms with Gasteiger partial charge in [0.05, 0.1) is 5.92 Å². The van der Waals surface area contributed by atoms with Gasteiger partial charge in [0, 0.05) is 17.3 Å². The van der Waals surface area contributed by atoms with E-state index in [0.717, 1.165) is 24.8 Å². The first-order valence-electron chi connectivity index (χ1n) is 6.36. The van der Waals surface area contributed by atoms with Crippen molar-refractivity contribution in [1.82, 2.24) is 0 Å². The summed E-state index contributed by atoms with van der Waals surface area (Å²) in [5.41, 5.74) is 8.10. The molecule has 4 N–H and O–H groups in total. The van der Waals surface area contributed by atoms with Gasteiger partial charge >= 0.3 is 0 Å². The Morgan fingerprint density at radius 1 is 1.39 bits per heavy atom. The van der Waals surface area contributed by atoms with Crippen LogP contribution in [0, 0.1) is 19.8 Å². The van der Waals surface area contributed by atoms with Crippen LogP contribution in [0.5, 0.6) is 5.75 Å². The smallest absolute Gasteiger partial charge is 0.229 e. The molecule has 2 unspecified atom stereocenters. The molecule has 1 aromatic rings. The molecular weight excluding hydrogens is 228 g/mol. The number of carbonyl (C=O) groups excluding carboxylic acids is 1. The molecule has 0 heterocycles. The second-order valence-corrected chi connectivity index (χ2v) is 5.09. The first-order chi connectivity index (χ1) is 8.50. The molecule has 1 aliphatic rings. The Balaban J connectivity index is 2.14. The van der Waals surface area contributed by atoms with E-state index in [1.165, 1.54) is 0 Å². The minimum absolute atomic E-state index is 0.0358. The monoisotopic (exact) mass is 248 g/mol. The number of nitrogens with one attached hydrogen (secondary N) is 1. The molecule has 0 aromatic heterocycles. The molecule has 4 heteroatoms. The largest absolute Gasteiger partial charge is 0.507 e. The van der Waals surface area contributed by atoms with Crippen LogP contribution in [0.1, 0.15) is 30.4 Å². The zero-order valence-corrected chi connectivity index (χ0v) is 10.9. The third kappa shape index (κ3) is 2.34. The Bertz CT molecular complexity index is 471. The number of benzene rings is 1. The van der Waals surface area contributed by atoms with Gasteiger partial charge in [-0.2, -0.15) is 0 Å². The Morgan fingerprint density at radius 2 is 2.11 bits per heavy atom. The molecule has 1 fully saturated rings. The average Bonchev–Trinajstić information content (AvgIpc) is 2.76. The van der Waals surface area contributed by atoms with Crippen LogP contribution in [0.25, 0.3) is 0 Å². The minimum Gasteiger partial charge on any atom is -0.507 e. The fourth-order valence-corrected chi connectivity index (χ4v) is 2.51. The van der Waals surface area contributed by atoms with E-state index in [-0.39, 0.29) is 23.6 Å². The normalized spacial score (nSPS) is 23.1. The van der Waals surface area contributed by atoms with Gasteiger partial charge in [-0.25, -0.2) is 0 Å². The second kappa shape index (κ2) is 4.98. The molecular formula is C14H20N2O2. The lowest BCUT2D eigenvalue weighted by atomic mass is 10.0. The highest BCUT2D eigenvalue weighted by Gasteiger charge is 2.30. The molecule has 1 saturated carbocycles. The van der Waals surface area contributed by atoms with Gasteiger partial charge in [-0.15, -0.1) is 0 Å². The van der Waals surface area contributed by atoms with E-state index in [0.29, 0.717) is 11.3 Å². The molecule has 0 spiro atoms. The zero-order valence-electron chi connectivity index (χ0n) is 10.9. The van der Waals surface area contributed by atoms with E-state index in [2.05, 4.69) is 5.32 Å². The van der Waals surface area contributed by atoms with E-state index < -0.39 is 0 Å². The SMILES string of the molecule is Cc1ccc(NC(=O)C2CCCC2N)c(C)c1O. The molecule has 1 aliphatic carbocycles. The van der Waals surface area contributed by atoms with Crippen molar-refractivity contribution < 1.29 is 9.90 Å². The lowest BCUT2D eigenvalue weighted by Crippen LogP contribution is -2.34. The van der Waals surface area contributed by atoms with Crippen LogP contribution in [0.2, 0.25) is 0 Å². The highest BCUT2D eigenvalue weighted by Crippen LogP contribution is 2.30. The van der Waals surface area contributed by atoms with E-state index in [1.54, 1.807) is 13.0 Å².